The van der Waals surface area contributed by atoms with Crippen LogP contribution >= 0.6 is 11.5 Å². The van der Waals surface area contributed by atoms with Crippen LogP contribution in [0.15, 0.2) is 48.5 Å². The largest absolute Gasteiger partial charge is 0.416 e. The van der Waals surface area contributed by atoms with Gasteiger partial charge in [0.05, 0.1) is 5.56 Å². The van der Waals surface area contributed by atoms with E-state index in [0.29, 0.717) is 43.7 Å². The van der Waals surface area contributed by atoms with Gasteiger partial charge < -0.3 is 10.2 Å². The Labute approximate surface area is 192 Å². The van der Waals surface area contributed by atoms with Gasteiger partial charge >= 0.3 is 6.18 Å². The summed E-state index contributed by atoms with van der Waals surface area (Å²) < 4.78 is 56.0. The molecule has 4 rings (SSSR count). The summed E-state index contributed by atoms with van der Waals surface area (Å²) in [6, 6.07) is 11.2. The fourth-order valence-corrected chi connectivity index (χ4v) is 4.49. The van der Waals surface area contributed by atoms with Gasteiger partial charge in [0.1, 0.15) is 11.6 Å². The van der Waals surface area contributed by atoms with E-state index < -0.39 is 11.7 Å². The molecule has 0 unspecified atom stereocenters. The highest BCUT2D eigenvalue weighted by atomic mass is 32.1. The first-order valence-corrected chi connectivity index (χ1v) is 11.3. The fraction of sp³-hybridized carbons (Fsp3) is 0.348. The quantitative estimate of drug-likeness (QED) is 0.516. The molecule has 1 amide bonds. The Hall–Kier alpha value is -3.01. The molecule has 0 atom stereocenters. The van der Waals surface area contributed by atoms with E-state index in [2.05, 4.69) is 19.6 Å². The van der Waals surface area contributed by atoms with Crippen molar-refractivity contribution < 1.29 is 22.4 Å². The average molecular weight is 479 g/mol. The van der Waals surface area contributed by atoms with Gasteiger partial charge in [0, 0.05) is 43.5 Å². The van der Waals surface area contributed by atoms with E-state index in [1.165, 1.54) is 29.7 Å². The molecular formula is C23H22F4N4OS. The average Bonchev–Trinajstić information content (AvgIpc) is 3.27. The predicted molar refractivity (Wildman–Crippen MR) is 117 cm³/mol. The highest BCUT2D eigenvalue weighted by Gasteiger charge is 2.30. The molecule has 10 heteroatoms. The molecule has 1 saturated heterocycles. The summed E-state index contributed by atoms with van der Waals surface area (Å²) in [5, 5.41) is 3.55. The third-order valence-corrected chi connectivity index (χ3v) is 6.41. The lowest BCUT2D eigenvalue weighted by molar-refractivity contribution is -0.137. The molecule has 0 spiro atoms. The lowest BCUT2D eigenvalue weighted by Gasteiger charge is -2.30. The number of benzene rings is 2. The minimum Gasteiger partial charge on any atom is -0.352 e. The van der Waals surface area contributed by atoms with Crippen molar-refractivity contribution >= 4 is 22.6 Å². The molecule has 0 bridgehead atoms. The zero-order valence-corrected chi connectivity index (χ0v) is 18.4. The van der Waals surface area contributed by atoms with E-state index in [1.807, 2.05) is 0 Å². The number of aromatic nitrogens is 2. The number of hydrogen-bond acceptors (Lipinski definition) is 5. The van der Waals surface area contributed by atoms with E-state index in [0.717, 1.165) is 22.8 Å². The lowest BCUT2D eigenvalue weighted by Crippen LogP contribution is -2.40. The van der Waals surface area contributed by atoms with Crippen LogP contribution in [0.5, 0.6) is 0 Å². The first kappa shape index (κ1) is 23.2. The number of carbonyl (C=O) groups is 1. The standard InChI is InChI=1S/C23H22F4N4OS/c24-19-6-4-15(5-7-19)13-20-29-22(33-30-20)31-10-8-17(9-11-31)21(32)28-14-16-2-1-3-18(12-16)23(25,26)27/h1-7,12,17H,8-11,13-14H2,(H,28,32). The molecule has 174 valence electrons. The van der Waals surface area contributed by atoms with E-state index in [9.17, 15) is 22.4 Å². The molecule has 1 aliphatic heterocycles. The van der Waals surface area contributed by atoms with Crippen molar-refractivity contribution in [2.24, 2.45) is 5.92 Å². The summed E-state index contributed by atoms with van der Waals surface area (Å²) >= 11 is 1.30. The number of amides is 1. The zero-order valence-electron chi connectivity index (χ0n) is 17.6. The normalized spacial score (nSPS) is 15.0. The Morgan fingerprint density at radius 2 is 1.82 bits per heavy atom. The molecule has 5 nitrogen and oxygen atoms in total. The number of hydrogen-bond donors (Lipinski definition) is 1. The molecule has 0 saturated carbocycles. The van der Waals surface area contributed by atoms with Crippen LogP contribution in [0, 0.1) is 11.7 Å². The second-order valence-electron chi connectivity index (χ2n) is 7.97. The van der Waals surface area contributed by atoms with Crippen molar-refractivity contribution in [2.45, 2.75) is 32.0 Å². The van der Waals surface area contributed by atoms with Crippen molar-refractivity contribution in [2.75, 3.05) is 18.0 Å². The molecule has 2 aromatic carbocycles. The summed E-state index contributed by atoms with van der Waals surface area (Å²) in [7, 11) is 0. The van der Waals surface area contributed by atoms with Gasteiger partial charge in [0.25, 0.3) is 0 Å². The Bertz CT molecular complexity index is 1090. The van der Waals surface area contributed by atoms with Crippen LogP contribution in [-0.4, -0.2) is 28.4 Å². The van der Waals surface area contributed by atoms with Gasteiger partial charge in [-0.25, -0.2) is 9.37 Å². The molecule has 1 aliphatic rings. The third-order valence-electron chi connectivity index (χ3n) is 5.59. The molecule has 2 heterocycles. The fourth-order valence-electron chi connectivity index (χ4n) is 3.75. The number of halogens is 4. The van der Waals surface area contributed by atoms with Crippen molar-refractivity contribution in [3.63, 3.8) is 0 Å². The zero-order chi connectivity index (χ0) is 23.4. The number of nitrogens with zero attached hydrogens (tertiary/aromatic N) is 3. The van der Waals surface area contributed by atoms with Crippen LogP contribution in [-0.2, 0) is 23.9 Å². The molecular weight excluding hydrogens is 456 g/mol. The summed E-state index contributed by atoms with van der Waals surface area (Å²) in [6.07, 6.45) is -2.63. The maximum atomic E-state index is 13.0. The second-order valence-corrected chi connectivity index (χ2v) is 8.70. The molecule has 33 heavy (non-hydrogen) atoms. The maximum absolute atomic E-state index is 13.0. The van der Waals surface area contributed by atoms with E-state index in [1.54, 1.807) is 18.2 Å². The van der Waals surface area contributed by atoms with Gasteiger partial charge in [0.15, 0.2) is 0 Å². The Balaban J connectivity index is 1.26. The van der Waals surface area contributed by atoms with Gasteiger partial charge in [-0.3, -0.25) is 4.79 Å². The monoisotopic (exact) mass is 478 g/mol. The summed E-state index contributed by atoms with van der Waals surface area (Å²) in [5.74, 6) is 0.0370. The van der Waals surface area contributed by atoms with Crippen molar-refractivity contribution in [1.29, 1.82) is 0 Å². The van der Waals surface area contributed by atoms with Crippen LogP contribution in [0.2, 0.25) is 0 Å². The van der Waals surface area contributed by atoms with Gasteiger partial charge in [0.2, 0.25) is 11.0 Å². The Morgan fingerprint density at radius 1 is 1.09 bits per heavy atom. The molecule has 0 radical (unpaired) electrons. The van der Waals surface area contributed by atoms with Crippen LogP contribution in [0.1, 0.15) is 35.4 Å². The maximum Gasteiger partial charge on any atom is 0.416 e. The summed E-state index contributed by atoms with van der Waals surface area (Å²) in [6.45, 7) is 1.35. The molecule has 1 N–H and O–H groups in total. The number of anilines is 1. The number of piperidine rings is 1. The molecule has 0 aliphatic carbocycles. The first-order chi connectivity index (χ1) is 15.8. The topological polar surface area (TPSA) is 58.1 Å². The molecule has 3 aromatic rings. The van der Waals surface area contributed by atoms with Crippen molar-refractivity contribution in [3.05, 3.63) is 76.9 Å². The van der Waals surface area contributed by atoms with Crippen LogP contribution < -0.4 is 10.2 Å². The van der Waals surface area contributed by atoms with Crippen molar-refractivity contribution in [1.82, 2.24) is 14.7 Å². The van der Waals surface area contributed by atoms with Gasteiger partial charge in [-0.05, 0) is 48.2 Å². The smallest absolute Gasteiger partial charge is 0.352 e. The Morgan fingerprint density at radius 3 is 2.52 bits per heavy atom. The van der Waals surface area contributed by atoms with Crippen molar-refractivity contribution in [3.8, 4) is 0 Å². The number of nitrogens with one attached hydrogen (secondary N) is 1. The highest BCUT2D eigenvalue weighted by molar-refractivity contribution is 7.09. The predicted octanol–water partition coefficient (Wildman–Crippen LogP) is 4.82. The first-order valence-electron chi connectivity index (χ1n) is 10.5. The van der Waals surface area contributed by atoms with Crippen LogP contribution in [0.4, 0.5) is 22.7 Å². The summed E-state index contributed by atoms with van der Waals surface area (Å²) in [5.41, 5.74) is 0.619. The van der Waals surface area contributed by atoms with Crippen LogP contribution in [0.25, 0.3) is 0 Å². The second kappa shape index (κ2) is 9.86. The van der Waals surface area contributed by atoms with Gasteiger partial charge in [-0.1, -0.05) is 24.3 Å². The molecule has 1 aromatic heterocycles. The van der Waals surface area contributed by atoms with Crippen LogP contribution in [0.3, 0.4) is 0 Å². The molecule has 1 fully saturated rings. The highest BCUT2D eigenvalue weighted by Crippen LogP contribution is 2.30. The lowest BCUT2D eigenvalue weighted by atomic mass is 9.96. The van der Waals surface area contributed by atoms with Gasteiger partial charge in [-0.15, -0.1) is 0 Å². The van der Waals surface area contributed by atoms with E-state index >= 15 is 0 Å². The number of carbonyl (C=O) groups excluding carboxylic acids is 1. The SMILES string of the molecule is O=C(NCc1cccc(C(F)(F)F)c1)C1CCN(c2nc(Cc3ccc(F)cc3)ns2)CC1. The minimum absolute atomic E-state index is 0.0616. The number of rotatable bonds is 6. The third kappa shape index (κ3) is 6.07. The van der Waals surface area contributed by atoms with Gasteiger partial charge in [-0.2, -0.15) is 17.5 Å². The Kier molecular flexibility index (Phi) is 6.92. The van der Waals surface area contributed by atoms with E-state index in [-0.39, 0.29) is 24.2 Å². The number of alkyl halides is 3. The minimum atomic E-state index is -4.41. The summed E-state index contributed by atoms with van der Waals surface area (Å²) in [4.78, 5) is 19.2. The van der Waals surface area contributed by atoms with E-state index in [4.69, 9.17) is 0 Å².